The van der Waals surface area contributed by atoms with E-state index in [0.717, 1.165) is 19.3 Å². The van der Waals surface area contributed by atoms with Crippen LogP contribution in [-0.4, -0.2) is 18.0 Å². The Morgan fingerprint density at radius 3 is 2.25 bits per heavy atom. The van der Waals surface area contributed by atoms with Crippen molar-refractivity contribution in [1.29, 1.82) is 0 Å². The van der Waals surface area contributed by atoms with Crippen LogP contribution in [0, 0.1) is 5.41 Å². The van der Waals surface area contributed by atoms with E-state index in [4.69, 9.17) is 5.73 Å². The van der Waals surface area contributed by atoms with E-state index in [1.807, 2.05) is 13.8 Å². The fourth-order valence-electron chi connectivity index (χ4n) is 2.29. The summed E-state index contributed by atoms with van der Waals surface area (Å²) in [5.41, 5.74) is 5.44. The highest BCUT2D eigenvalue weighted by Gasteiger charge is 2.39. The van der Waals surface area contributed by atoms with Gasteiger partial charge in [-0.1, -0.05) is 19.8 Å². The van der Waals surface area contributed by atoms with E-state index in [1.165, 1.54) is 12.8 Å². The van der Waals surface area contributed by atoms with Crippen molar-refractivity contribution in [3.05, 3.63) is 0 Å². The lowest BCUT2D eigenvalue weighted by atomic mass is 9.82. The number of amides is 1. The largest absolute Gasteiger partial charge is 0.354 e. The second-order valence-electron chi connectivity index (χ2n) is 5.51. The summed E-state index contributed by atoms with van der Waals surface area (Å²) in [5, 5.41) is 2.99. The first-order chi connectivity index (χ1) is 6.90. The third kappa shape index (κ3) is 3.95. The highest BCUT2D eigenvalue weighted by atomic mass is 35.5. The van der Waals surface area contributed by atoms with Gasteiger partial charge in [-0.3, -0.25) is 4.79 Å². The van der Waals surface area contributed by atoms with Crippen molar-refractivity contribution in [1.82, 2.24) is 5.32 Å². The number of hydrogen-bond acceptors (Lipinski definition) is 2. The molecule has 0 heterocycles. The topological polar surface area (TPSA) is 55.1 Å². The number of nitrogens with one attached hydrogen (secondary N) is 1. The third-order valence-corrected chi connectivity index (χ3v) is 3.42. The number of halogens is 1. The number of rotatable bonds is 4. The Hall–Kier alpha value is -0.280. The molecule has 3 N–H and O–H groups in total. The lowest BCUT2D eigenvalue weighted by Gasteiger charge is -2.28. The molecule has 3 nitrogen and oxygen atoms in total. The molecule has 0 aromatic carbocycles. The number of carbonyl (C=O) groups is 1. The third-order valence-electron chi connectivity index (χ3n) is 3.42. The van der Waals surface area contributed by atoms with Crippen molar-refractivity contribution in [2.45, 2.75) is 58.4 Å². The van der Waals surface area contributed by atoms with Gasteiger partial charge in [0.1, 0.15) is 0 Å². The van der Waals surface area contributed by atoms with Crippen LogP contribution in [0.2, 0.25) is 0 Å². The summed E-state index contributed by atoms with van der Waals surface area (Å²) in [6.07, 6.45) is 5.41. The maximum atomic E-state index is 12.1. The van der Waals surface area contributed by atoms with Crippen LogP contribution >= 0.6 is 12.4 Å². The van der Waals surface area contributed by atoms with Gasteiger partial charge in [0.25, 0.3) is 0 Å². The quantitative estimate of drug-likeness (QED) is 0.802. The van der Waals surface area contributed by atoms with Gasteiger partial charge < -0.3 is 11.1 Å². The molecule has 1 fully saturated rings. The van der Waals surface area contributed by atoms with Crippen LogP contribution in [0.3, 0.4) is 0 Å². The molecular formula is C12H25ClN2O. The van der Waals surface area contributed by atoms with Crippen molar-refractivity contribution >= 4 is 18.3 Å². The monoisotopic (exact) mass is 248 g/mol. The summed E-state index contributed by atoms with van der Waals surface area (Å²) in [6.45, 7) is 6.53. The minimum atomic E-state index is -0.316. The summed E-state index contributed by atoms with van der Waals surface area (Å²) in [7, 11) is 0. The summed E-state index contributed by atoms with van der Waals surface area (Å²) < 4.78 is 0. The molecule has 1 aliphatic carbocycles. The molecule has 1 rings (SSSR count). The van der Waals surface area contributed by atoms with Gasteiger partial charge in [0.15, 0.2) is 0 Å². The highest BCUT2D eigenvalue weighted by molar-refractivity contribution is 5.85. The number of nitrogens with two attached hydrogens (primary N) is 1. The Bertz CT molecular complexity index is 230. The van der Waals surface area contributed by atoms with Crippen LogP contribution in [0.25, 0.3) is 0 Å². The molecule has 0 aliphatic heterocycles. The summed E-state index contributed by atoms with van der Waals surface area (Å²) in [4.78, 5) is 12.1. The molecule has 1 aliphatic rings. The maximum Gasteiger partial charge on any atom is 0.226 e. The first-order valence-electron chi connectivity index (χ1n) is 5.97. The zero-order chi connectivity index (χ0) is 11.5. The Balaban J connectivity index is 0.00000225. The van der Waals surface area contributed by atoms with Gasteiger partial charge >= 0.3 is 0 Å². The van der Waals surface area contributed by atoms with Crippen molar-refractivity contribution in [2.75, 3.05) is 6.54 Å². The average molecular weight is 249 g/mol. The molecule has 1 saturated carbocycles. The first-order valence-corrected chi connectivity index (χ1v) is 5.97. The second-order valence-corrected chi connectivity index (χ2v) is 5.51. The minimum absolute atomic E-state index is 0. The molecule has 0 bridgehead atoms. The van der Waals surface area contributed by atoms with Crippen LogP contribution in [0.5, 0.6) is 0 Å². The van der Waals surface area contributed by atoms with Gasteiger partial charge in [-0.15, -0.1) is 12.4 Å². The standard InChI is InChI=1S/C12H24N2O.ClH/c1-4-12(7-5-6-8-12)10(15)14-9-11(2,3)13;/h4-9,13H2,1-3H3,(H,14,15);1H. The van der Waals surface area contributed by atoms with Crippen molar-refractivity contribution < 1.29 is 4.79 Å². The van der Waals surface area contributed by atoms with Gasteiger partial charge in [-0.2, -0.15) is 0 Å². The van der Waals surface area contributed by atoms with Crippen LogP contribution in [0.15, 0.2) is 0 Å². The van der Waals surface area contributed by atoms with Crippen LogP contribution < -0.4 is 11.1 Å². The van der Waals surface area contributed by atoms with E-state index in [9.17, 15) is 4.79 Å². The van der Waals surface area contributed by atoms with E-state index < -0.39 is 0 Å². The van der Waals surface area contributed by atoms with Gasteiger partial charge in [0.2, 0.25) is 5.91 Å². The van der Waals surface area contributed by atoms with Crippen LogP contribution in [-0.2, 0) is 4.79 Å². The maximum absolute atomic E-state index is 12.1. The Labute approximate surface area is 105 Å². The van der Waals surface area contributed by atoms with E-state index in [2.05, 4.69) is 12.2 Å². The van der Waals surface area contributed by atoms with Crippen molar-refractivity contribution in [2.24, 2.45) is 11.1 Å². The smallest absolute Gasteiger partial charge is 0.226 e. The lowest BCUT2D eigenvalue weighted by molar-refractivity contribution is -0.131. The fourth-order valence-corrected chi connectivity index (χ4v) is 2.29. The van der Waals surface area contributed by atoms with Gasteiger partial charge in [-0.25, -0.2) is 0 Å². The Kier molecular flexibility index (Phi) is 5.77. The van der Waals surface area contributed by atoms with Crippen molar-refractivity contribution in [3.8, 4) is 0 Å². The molecule has 0 aromatic heterocycles. The van der Waals surface area contributed by atoms with Crippen LogP contribution in [0.1, 0.15) is 52.9 Å². The average Bonchev–Trinajstić information content (AvgIpc) is 2.62. The number of carbonyl (C=O) groups excluding carboxylic acids is 1. The number of hydrogen-bond donors (Lipinski definition) is 2. The van der Waals surface area contributed by atoms with E-state index >= 15 is 0 Å². The summed E-state index contributed by atoms with van der Waals surface area (Å²) >= 11 is 0. The molecule has 0 radical (unpaired) electrons. The zero-order valence-electron chi connectivity index (χ0n) is 10.6. The SMILES string of the molecule is CCC1(C(=O)NCC(C)(C)N)CCCC1.Cl. The molecule has 0 spiro atoms. The molecule has 4 heteroatoms. The molecule has 1 amide bonds. The van der Waals surface area contributed by atoms with E-state index in [-0.39, 0.29) is 29.3 Å². The molecule has 16 heavy (non-hydrogen) atoms. The zero-order valence-corrected chi connectivity index (χ0v) is 11.5. The predicted octanol–water partition coefficient (Wildman–Crippen LogP) is 2.23. The highest BCUT2D eigenvalue weighted by Crippen LogP contribution is 2.41. The van der Waals surface area contributed by atoms with Gasteiger partial charge in [0.05, 0.1) is 0 Å². The van der Waals surface area contributed by atoms with Gasteiger partial charge in [0, 0.05) is 17.5 Å². The van der Waals surface area contributed by atoms with E-state index in [0.29, 0.717) is 6.54 Å². The van der Waals surface area contributed by atoms with E-state index in [1.54, 1.807) is 0 Å². The minimum Gasteiger partial charge on any atom is -0.354 e. The predicted molar refractivity (Wildman–Crippen MR) is 69.7 cm³/mol. The Morgan fingerprint density at radius 1 is 1.38 bits per heavy atom. The van der Waals surface area contributed by atoms with Gasteiger partial charge in [-0.05, 0) is 33.1 Å². The lowest BCUT2D eigenvalue weighted by Crippen LogP contribution is -2.49. The summed E-state index contributed by atoms with van der Waals surface area (Å²) in [5.74, 6) is 0.209. The molecular weight excluding hydrogens is 224 g/mol. The summed E-state index contributed by atoms with van der Waals surface area (Å²) in [6, 6.07) is 0. The molecule has 0 aromatic rings. The fraction of sp³-hybridized carbons (Fsp3) is 0.917. The Morgan fingerprint density at radius 2 is 1.88 bits per heavy atom. The first kappa shape index (κ1) is 15.7. The van der Waals surface area contributed by atoms with Crippen LogP contribution in [0.4, 0.5) is 0 Å². The normalized spacial score (nSPS) is 19.0. The molecule has 0 atom stereocenters. The molecule has 0 unspecified atom stereocenters. The molecule has 96 valence electrons. The molecule has 0 saturated heterocycles. The second kappa shape index (κ2) is 5.87. The van der Waals surface area contributed by atoms with Crippen molar-refractivity contribution in [3.63, 3.8) is 0 Å².